The Morgan fingerprint density at radius 3 is 2.71 bits per heavy atom. The number of aromatic nitrogens is 3. The minimum atomic E-state index is 0.193. The number of benzene rings is 1. The molecule has 4 rings (SSSR count). The van der Waals surface area contributed by atoms with Crippen molar-refractivity contribution in [3.8, 4) is 0 Å². The molecule has 24 heavy (non-hydrogen) atoms. The van der Waals surface area contributed by atoms with Crippen molar-refractivity contribution in [2.45, 2.75) is 38.0 Å². The van der Waals surface area contributed by atoms with Crippen molar-refractivity contribution >= 4 is 5.91 Å². The zero-order valence-electron chi connectivity index (χ0n) is 14.4. The molecule has 2 fully saturated rings. The number of piperidine rings is 1. The lowest BCUT2D eigenvalue weighted by molar-refractivity contribution is -0.133. The van der Waals surface area contributed by atoms with E-state index in [9.17, 15) is 4.79 Å². The average molecular weight is 324 g/mol. The SMILES string of the molecule is Cc1cccc([C@H]2C[C@H]2C(=O)N2CCC(c3nncn3C)CC2)c1. The maximum atomic E-state index is 12.8. The summed E-state index contributed by atoms with van der Waals surface area (Å²) in [6, 6.07) is 8.58. The molecule has 2 aliphatic rings. The minimum absolute atomic E-state index is 0.193. The molecule has 1 aliphatic heterocycles. The summed E-state index contributed by atoms with van der Waals surface area (Å²) in [5.41, 5.74) is 2.59. The number of carbonyl (C=O) groups excluding carboxylic acids is 1. The monoisotopic (exact) mass is 324 g/mol. The van der Waals surface area contributed by atoms with Gasteiger partial charge in [-0.3, -0.25) is 4.79 Å². The fourth-order valence-electron chi connectivity index (χ4n) is 3.99. The van der Waals surface area contributed by atoms with Gasteiger partial charge in [-0.1, -0.05) is 29.8 Å². The quantitative estimate of drug-likeness (QED) is 0.872. The van der Waals surface area contributed by atoms with E-state index in [4.69, 9.17) is 0 Å². The summed E-state index contributed by atoms with van der Waals surface area (Å²) in [6.45, 7) is 3.79. The van der Waals surface area contributed by atoms with E-state index in [1.54, 1.807) is 6.33 Å². The molecule has 2 atom stereocenters. The van der Waals surface area contributed by atoms with Gasteiger partial charge < -0.3 is 9.47 Å². The normalized spacial score (nSPS) is 24.2. The highest BCUT2D eigenvalue weighted by atomic mass is 16.2. The third-order valence-corrected chi connectivity index (χ3v) is 5.50. The molecule has 0 unspecified atom stereocenters. The van der Waals surface area contributed by atoms with Crippen LogP contribution >= 0.6 is 0 Å². The first-order valence-electron chi connectivity index (χ1n) is 8.82. The number of hydrogen-bond acceptors (Lipinski definition) is 3. The second kappa shape index (κ2) is 6.04. The molecule has 1 aromatic heterocycles. The van der Waals surface area contributed by atoms with Crippen molar-refractivity contribution in [2.24, 2.45) is 13.0 Å². The molecular weight excluding hydrogens is 300 g/mol. The molecule has 0 spiro atoms. The van der Waals surface area contributed by atoms with Gasteiger partial charge >= 0.3 is 0 Å². The van der Waals surface area contributed by atoms with Crippen LogP contribution in [0.3, 0.4) is 0 Å². The van der Waals surface area contributed by atoms with Gasteiger partial charge in [-0.2, -0.15) is 0 Å². The standard InChI is InChI=1S/C19H24N4O/c1-13-4-3-5-15(10-13)16-11-17(16)19(24)23-8-6-14(7-9-23)18-21-20-12-22(18)2/h3-5,10,12,14,16-17H,6-9,11H2,1-2H3/t16-,17-/m1/s1. The molecule has 0 bridgehead atoms. The van der Waals surface area contributed by atoms with Crippen LogP contribution in [0.25, 0.3) is 0 Å². The molecule has 0 radical (unpaired) electrons. The maximum Gasteiger partial charge on any atom is 0.226 e. The number of hydrogen-bond donors (Lipinski definition) is 0. The van der Waals surface area contributed by atoms with E-state index in [-0.39, 0.29) is 5.92 Å². The van der Waals surface area contributed by atoms with Crippen LogP contribution in [0.4, 0.5) is 0 Å². The molecule has 126 valence electrons. The van der Waals surface area contributed by atoms with E-state index in [0.29, 0.717) is 17.7 Å². The fraction of sp³-hybridized carbons (Fsp3) is 0.526. The first-order chi connectivity index (χ1) is 11.6. The Balaban J connectivity index is 1.35. The van der Waals surface area contributed by atoms with Crippen LogP contribution in [0.1, 0.15) is 48.0 Å². The van der Waals surface area contributed by atoms with Gasteiger partial charge in [0.15, 0.2) is 0 Å². The van der Waals surface area contributed by atoms with Gasteiger partial charge in [-0.25, -0.2) is 0 Å². The summed E-state index contributed by atoms with van der Waals surface area (Å²) in [4.78, 5) is 14.8. The van der Waals surface area contributed by atoms with E-state index < -0.39 is 0 Å². The largest absolute Gasteiger partial charge is 0.342 e. The van der Waals surface area contributed by atoms with E-state index in [2.05, 4.69) is 46.3 Å². The van der Waals surface area contributed by atoms with E-state index in [0.717, 1.165) is 38.2 Å². The first kappa shape index (κ1) is 15.4. The number of amides is 1. The van der Waals surface area contributed by atoms with Gasteiger partial charge in [-0.05, 0) is 37.7 Å². The molecule has 1 amide bonds. The Labute approximate surface area is 142 Å². The second-order valence-corrected chi connectivity index (χ2v) is 7.26. The highest BCUT2D eigenvalue weighted by Crippen LogP contribution is 2.49. The van der Waals surface area contributed by atoms with Crippen LogP contribution in [0.5, 0.6) is 0 Å². The molecule has 0 N–H and O–H groups in total. The highest BCUT2D eigenvalue weighted by Gasteiger charge is 2.46. The third kappa shape index (κ3) is 2.83. The van der Waals surface area contributed by atoms with Gasteiger partial charge in [0.2, 0.25) is 5.91 Å². The summed E-state index contributed by atoms with van der Waals surface area (Å²) < 4.78 is 2.00. The lowest BCUT2D eigenvalue weighted by Gasteiger charge is -2.31. The first-order valence-corrected chi connectivity index (χ1v) is 8.82. The summed E-state index contributed by atoms with van der Waals surface area (Å²) >= 11 is 0. The third-order valence-electron chi connectivity index (χ3n) is 5.50. The lowest BCUT2D eigenvalue weighted by atomic mass is 9.95. The number of rotatable bonds is 3. The average Bonchev–Trinajstić information content (AvgIpc) is 3.29. The Morgan fingerprint density at radius 1 is 1.25 bits per heavy atom. The molecule has 2 aromatic rings. The van der Waals surface area contributed by atoms with Crippen LogP contribution in [-0.4, -0.2) is 38.7 Å². The zero-order valence-corrected chi connectivity index (χ0v) is 14.4. The Hall–Kier alpha value is -2.17. The van der Waals surface area contributed by atoms with Crippen molar-refractivity contribution in [1.82, 2.24) is 19.7 Å². The van der Waals surface area contributed by atoms with Crippen molar-refractivity contribution in [3.63, 3.8) is 0 Å². The minimum Gasteiger partial charge on any atom is -0.342 e. The van der Waals surface area contributed by atoms with E-state index >= 15 is 0 Å². The smallest absolute Gasteiger partial charge is 0.226 e. The van der Waals surface area contributed by atoms with E-state index in [1.807, 2.05) is 11.6 Å². The molecule has 1 aliphatic carbocycles. The van der Waals surface area contributed by atoms with Gasteiger partial charge in [0.05, 0.1) is 0 Å². The lowest BCUT2D eigenvalue weighted by Crippen LogP contribution is -2.39. The Morgan fingerprint density at radius 2 is 2.04 bits per heavy atom. The topological polar surface area (TPSA) is 51.0 Å². The predicted molar refractivity (Wildman–Crippen MR) is 91.6 cm³/mol. The van der Waals surface area contributed by atoms with E-state index in [1.165, 1.54) is 11.1 Å². The van der Waals surface area contributed by atoms with Crippen LogP contribution in [0, 0.1) is 12.8 Å². The Bertz CT molecular complexity index is 745. The van der Waals surface area contributed by atoms with Crippen LogP contribution in [0.15, 0.2) is 30.6 Å². The summed E-state index contributed by atoms with van der Waals surface area (Å²) in [5, 5.41) is 8.20. The summed E-state index contributed by atoms with van der Waals surface area (Å²) in [6.07, 6.45) is 4.73. The van der Waals surface area contributed by atoms with Crippen LogP contribution in [0.2, 0.25) is 0 Å². The Kier molecular flexibility index (Phi) is 3.87. The van der Waals surface area contributed by atoms with Crippen molar-refractivity contribution in [3.05, 3.63) is 47.5 Å². The molecule has 5 heteroatoms. The predicted octanol–water partition coefficient (Wildman–Crippen LogP) is 2.63. The molecule has 2 heterocycles. The zero-order chi connectivity index (χ0) is 16.7. The van der Waals surface area contributed by atoms with Crippen molar-refractivity contribution in [2.75, 3.05) is 13.1 Å². The molecule has 1 aromatic carbocycles. The van der Waals surface area contributed by atoms with Crippen molar-refractivity contribution in [1.29, 1.82) is 0 Å². The molecular formula is C19H24N4O. The van der Waals surface area contributed by atoms with Crippen molar-refractivity contribution < 1.29 is 4.79 Å². The fourth-order valence-corrected chi connectivity index (χ4v) is 3.99. The van der Waals surface area contributed by atoms with Gasteiger partial charge in [0.1, 0.15) is 12.2 Å². The maximum absolute atomic E-state index is 12.8. The summed E-state index contributed by atoms with van der Waals surface area (Å²) in [7, 11) is 1.99. The summed E-state index contributed by atoms with van der Waals surface area (Å²) in [5.74, 6) is 2.43. The van der Waals surface area contributed by atoms with Gasteiger partial charge in [0.25, 0.3) is 0 Å². The number of carbonyl (C=O) groups is 1. The van der Waals surface area contributed by atoms with Gasteiger partial charge in [0, 0.05) is 32.0 Å². The molecule has 1 saturated carbocycles. The van der Waals surface area contributed by atoms with Gasteiger partial charge in [-0.15, -0.1) is 10.2 Å². The number of aryl methyl sites for hydroxylation is 2. The molecule has 5 nitrogen and oxygen atoms in total. The number of nitrogens with zero attached hydrogens (tertiary/aromatic N) is 4. The van der Waals surface area contributed by atoms with Crippen LogP contribution in [-0.2, 0) is 11.8 Å². The van der Waals surface area contributed by atoms with Crippen LogP contribution < -0.4 is 0 Å². The number of likely N-dealkylation sites (tertiary alicyclic amines) is 1. The highest BCUT2D eigenvalue weighted by molar-refractivity contribution is 5.83. The molecule has 1 saturated heterocycles. The second-order valence-electron chi connectivity index (χ2n) is 7.26.